The van der Waals surface area contributed by atoms with Crippen LogP contribution in [0.1, 0.15) is 29.3 Å². The number of rotatable bonds is 2. The largest absolute Gasteiger partial charge is 0.317 e. The predicted octanol–water partition coefficient (Wildman–Crippen LogP) is 3.59. The van der Waals surface area contributed by atoms with Crippen molar-refractivity contribution in [3.8, 4) is 10.6 Å². The van der Waals surface area contributed by atoms with Gasteiger partial charge >= 0.3 is 0 Å². The van der Waals surface area contributed by atoms with Crippen molar-refractivity contribution < 1.29 is 0 Å². The molecule has 18 heavy (non-hydrogen) atoms. The second-order valence-corrected chi connectivity index (χ2v) is 5.89. The van der Waals surface area contributed by atoms with Crippen molar-refractivity contribution in [3.63, 3.8) is 0 Å². The number of nitrogens with zero attached hydrogens (tertiary/aromatic N) is 1. The van der Waals surface area contributed by atoms with E-state index in [9.17, 15) is 0 Å². The van der Waals surface area contributed by atoms with E-state index in [-0.39, 0.29) is 0 Å². The summed E-state index contributed by atoms with van der Waals surface area (Å²) in [6, 6.07) is 10.5. The third-order valence-corrected chi connectivity index (χ3v) is 4.93. The number of thiazole rings is 1. The monoisotopic (exact) mass is 258 g/mol. The molecule has 94 valence electrons. The van der Waals surface area contributed by atoms with E-state index in [4.69, 9.17) is 4.98 Å². The molecule has 0 aliphatic carbocycles. The second-order valence-electron chi connectivity index (χ2n) is 4.86. The molecule has 3 heteroatoms. The van der Waals surface area contributed by atoms with Crippen LogP contribution in [0.5, 0.6) is 0 Å². The number of hydrogen-bond acceptors (Lipinski definition) is 3. The molecular formula is C15H18N2S. The van der Waals surface area contributed by atoms with Crippen molar-refractivity contribution in [2.75, 3.05) is 13.1 Å². The Labute approximate surface area is 112 Å². The molecule has 1 aliphatic heterocycles. The minimum absolute atomic E-state index is 0.709. The van der Waals surface area contributed by atoms with Gasteiger partial charge in [-0.3, -0.25) is 0 Å². The molecule has 2 aromatic rings. The minimum atomic E-state index is 0.709. The van der Waals surface area contributed by atoms with Gasteiger partial charge in [0, 0.05) is 10.4 Å². The van der Waals surface area contributed by atoms with Crippen molar-refractivity contribution in [2.24, 2.45) is 0 Å². The fourth-order valence-electron chi connectivity index (χ4n) is 2.58. The molecule has 0 atom stereocenters. The molecule has 2 nitrogen and oxygen atoms in total. The standard InChI is InChI=1S/C15H18N2S/c1-11-14(12-7-9-16-10-8-12)18-15(17-11)13-5-3-2-4-6-13/h2-6,12,16H,7-10H2,1H3. The predicted molar refractivity (Wildman–Crippen MR) is 77.1 cm³/mol. The lowest BCUT2D eigenvalue weighted by atomic mass is 9.96. The van der Waals surface area contributed by atoms with Gasteiger partial charge in [-0.1, -0.05) is 30.3 Å². The van der Waals surface area contributed by atoms with Crippen LogP contribution in [-0.4, -0.2) is 18.1 Å². The number of piperidine rings is 1. The van der Waals surface area contributed by atoms with Crippen molar-refractivity contribution in [1.82, 2.24) is 10.3 Å². The Kier molecular flexibility index (Phi) is 3.43. The van der Waals surface area contributed by atoms with Crippen LogP contribution >= 0.6 is 11.3 Å². The van der Waals surface area contributed by atoms with Gasteiger partial charge in [0.15, 0.2) is 0 Å². The number of aromatic nitrogens is 1. The summed E-state index contributed by atoms with van der Waals surface area (Å²) in [4.78, 5) is 6.25. The van der Waals surface area contributed by atoms with Crippen molar-refractivity contribution in [2.45, 2.75) is 25.7 Å². The molecule has 1 aromatic heterocycles. The van der Waals surface area contributed by atoms with Crippen LogP contribution in [0.4, 0.5) is 0 Å². The van der Waals surface area contributed by atoms with Gasteiger partial charge in [0.05, 0.1) is 5.69 Å². The summed E-state index contributed by atoms with van der Waals surface area (Å²) in [6.45, 7) is 4.44. The van der Waals surface area contributed by atoms with Gasteiger partial charge in [-0.2, -0.15) is 0 Å². The summed E-state index contributed by atoms with van der Waals surface area (Å²) >= 11 is 1.88. The molecule has 3 rings (SSSR count). The molecule has 0 spiro atoms. The molecular weight excluding hydrogens is 240 g/mol. The van der Waals surface area contributed by atoms with Crippen LogP contribution in [0.2, 0.25) is 0 Å². The maximum atomic E-state index is 4.75. The summed E-state index contributed by atoms with van der Waals surface area (Å²) in [5.74, 6) is 0.709. The Balaban J connectivity index is 1.91. The van der Waals surface area contributed by atoms with Crippen molar-refractivity contribution in [3.05, 3.63) is 40.9 Å². The van der Waals surface area contributed by atoms with Crippen LogP contribution in [-0.2, 0) is 0 Å². The molecule has 0 amide bonds. The van der Waals surface area contributed by atoms with Gasteiger partial charge in [-0.15, -0.1) is 11.3 Å². The summed E-state index contributed by atoms with van der Waals surface area (Å²) < 4.78 is 0. The van der Waals surface area contributed by atoms with E-state index in [1.807, 2.05) is 11.3 Å². The molecule has 0 radical (unpaired) electrons. The zero-order chi connectivity index (χ0) is 12.4. The van der Waals surface area contributed by atoms with Gasteiger partial charge in [0.2, 0.25) is 0 Å². The first kappa shape index (κ1) is 11.9. The van der Waals surface area contributed by atoms with Gasteiger partial charge in [-0.25, -0.2) is 4.98 Å². The average molecular weight is 258 g/mol. The Morgan fingerprint density at radius 3 is 2.61 bits per heavy atom. The first-order valence-electron chi connectivity index (χ1n) is 6.58. The highest BCUT2D eigenvalue weighted by Gasteiger charge is 2.20. The van der Waals surface area contributed by atoms with Crippen molar-refractivity contribution in [1.29, 1.82) is 0 Å². The molecule has 1 saturated heterocycles. The second kappa shape index (κ2) is 5.21. The number of nitrogens with one attached hydrogen (secondary N) is 1. The first-order valence-corrected chi connectivity index (χ1v) is 7.39. The Morgan fingerprint density at radius 2 is 1.89 bits per heavy atom. The normalized spacial score (nSPS) is 16.9. The van der Waals surface area contributed by atoms with Gasteiger partial charge in [0.25, 0.3) is 0 Å². The van der Waals surface area contributed by atoms with Crippen molar-refractivity contribution >= 4 is 11.3 Å². The Bertz CT molecular complexity index is 513. The average Bonchev–Trinajstić information content (AvgIpc) is 2.83. The van der Waals surface area contributed by atoms with Gasteiger partial charge in [0.1, 0.15) is 5.01 Å². The molecule has 1 N–H and O–H groups in total. The molecule has 1 aromatic carbocycles. The maximum absolute atomic E-state index is 4.75. The van der Waals surface area contributed by atoms with Crippen LogP contribution in [0.3, 0.4) is 0 Å². The molecule has 2 heterocycles. The first-order chi connectivity index (χ1) is 8.84. The quantitative estimate of drug-likeness (QED) is 0.890. The van der Waals surface area contributed by atoms with Gasteiger partial charge < -0.3 is 5.32 Å². The maximum Gasteiger partial charge on any atom is 0.123 e. The fraction of sp³-hybridized carbons (Fsp3) is 0.400. The Morgan fingerprint density at radius 1 is 1.17 bits per heavy atom. The molecule has 1 fully saturated rings. The van der Waals surface area contributed by atoms with Crippen LogP contribution in [0.15, 0.2) is 30.3 Å². The van der Waals surface area contributed by atoms with Crippen LogP contribution in [0, 0.1) is 6.92 Å². The fourth-order valence-corrected chi connectivity index (χ4v) is 3.82. The van der Waals surface area contributed by atoms with Crippen LogP contribution < -0.4 is 5.32 Å². The zero-order valence-electron chi connectivity index (χ0n) is 10.6. The number of aryl methyl sites for hydroxylation is 1. The van der Waals surface area contributed by atoms with E-state index in [0.717, 1.165) is 13.1 Å². The minimum Gasteiger partial charge on any atom is -0.317 e. The molecule has 0 bridgehead atoms. The highest BCUT2D eigenvalue weighted by Crippen LogP contribution is 2.36. The third kappa shape index (κ3) is 2.33. The topological polar surface area (TPSA) is 24.9 Å². The third-order valence-electron chi connectivity index (χ3n) is 3.56. The summed E-state index contributed by atoms with van der Waals surface area (Å²) in [5.41, 5.74) is 2.47. The Hall–Kier alpha value is -1.19. The lowest BCUT2D eigenvalue weighted by molar-refractivity contribution is 0.463. The molecule has 0 unspecified atom stereocenters. The smallest absolute Gasteiger partial charge is 0.123 e. The van der Waals surface area contributed by atoms with E-state index < -0.39 is 0 Å². The zero-order valence-corrected chi connectivity index (χ0v) is 11.5. The van der Waals surface area contributed by atoms with Gasteiger partial charge in [-0.05, 0) is 38.8 Å². The summed E-state index contributed by atoms with van der Waals surface area (Å²) in [7, 11) is 0. The number of benzene rings is 1. The highest BCUT2D eigenvalue weighted by molar-refractivity contribution is 7.15. The van der Waals surface area contributed by atoms with E-state index in [1.54, 1.807) is 0 Å². The summed E-state index contributed by atoms with van der Waals surface area (Å²) in [5, 5.41) is 4.59. The lowest BCUT2D eigenvalue weighted by Crippen LogP contribution is -2.26. The molecule has 1 aliphatic rings. The SMILES string of the molecule is Cc1nc(-c2ccccc2)sc1C1CCNCC1. The van der Waals surface area contributed by atoms with E-state index in [0.29, 0.717) is 5.92 Å². The summed E-state index contributed by atoms with van der Waals surface area (Å²) in [6.07, 6.45) is 2.49. The lowest BCUT2D eigenvalue weighted by Gasteiger charge is -2.21. The molecule has 0 saturated carbocycles. The highest BCUT2D eigenvalue weighted by atomic mass is 32.1. The van der Waals surface area contributed by atoms with E-state index in [2.05, 4.69) is 42.6 Å². The van der Waals surface area contributed by atoms with E-state index >= 15 is 0 Å². The number of hydrogen-bond donors (Lipinski definition) is 1. The van der Waals surface area contributed by atoms with E-state index in [1.165, 1.54) is 34.0 Å². The van der Waals surface area contributed by atoms with Crippen LogP contribution in [0.25, 0.3) is 10.6 Å².